The maximum atomic E-state index is 13.4. The molecule has 0 fully saturated rings. The van der Waals surface area contributed by atoms with Crippen molar-refractivity contribution >= 4 is 11.7 Å². The maximum Gasteiger partial charge on any atom is 0.280 e. The molecule has 0 aliphatic heterocycles. The van der Waals surface area contributed by atoms with Crippen LogP contribution in [0.2, 0.25) is 0 Å². The Morgan fingerprint density at radius 3 is 2.44 bits per heavy atom. The van der Waals surface area contributed by atoms with E-state index in [0.717, 1.165) is 11.8 Å². The molecule has 0 radical (unpaired) electrons. The number of amides is 1. The average molecular weight is 371 g/mol. The number of benzene rings is 1. The van der Waals surface area contributed by atoms with Gasteiger partial charge in [0.15, 0.2) is 5.82 Å². The smallest absolute Gasteiger partial charge is 0.280 e. The van der Waals surface area contributed by atoms with Crippen LogP contribution >= 0.6 is 0 Å². The van der Waals surface area contributed by atoms with E-state index < -0.39 is 18.0 Å². The van der Waals surface area contributed by atoms with Gasteiger partial charge in [0.05, 0.1) is 17.5 Å². The molecule has 0 spiro atoms. The van der Waals surface area contributed by atoms with E-state index in [1.54, 1.807) is 12.1 Å². The summed E-state index contributed by atoms with van der Waals surface area (Å²) in [5, 5.41) is 14.5. The molecule has 3 aromatic rings. The van der Waals surface area contributed by atoms with Crippen LogP contribution in [0, 0.1) is 5.92 Å². The van der Waals surface area contributed by atoms with Crippen LogP contribution in [0.3, 0.4) is 0 Å². The van der Waals surface area contributed by atoms with Crippen molar-refractivity contribution in [3.8, 4) is 11.3 Å². The highest BCUT2D eigenvalue weighted by atomic mass is 19.3. The molecule has 2 aromatic heterocycles. The molecule has 3 rings (SSSR count). The molecule has 0 saturated carbocycles. The van der Waals surface area contributed by atoms with Crippen molar-refractivity contribution in [1.29, 1.82) is 0 Å². The number of nitrogens with zero attached hydrogens (tertiary/aromatic N) is 4. The van der Waals surface area contributed by atoms with Crippen molar-refractivity contribution in [3.63, 3.8) is 0 Å². The lowest BCUT2D eigenvalue weighted by atomic mass is 10.1. The SMILES string of the molecule is CC(C)Cn1ncc(C(=O)Nc2ccc(-c3ccccc3)nn2)c1C(F)F. The molecule has 1 N–H and O–H groups in total. The number of alkyl halides is 2. The Bertz CT molecular complexity index is 908. The Morgan fingerprint density at radius 2 is 1.85 bits per heavy atom. The van der Waals surface area contributed by atoms with Gasteiger partial charge >= 0.3 is 0 Å². The predicted octanol–water partition coefficient (Wildman–Crippen LogP) is 4.19. The minimum absolute atomic E-state index is 0.120. The van der Waals surface area contributed by atoms with Gasteiger partial charge in [0, 0.05) is 12.1 Å². The van der Waals surface area contributed by atoms with Gasteiger partial charge in [0.25, 0.3) is 12.3 Å². The molecular weight excluding hydrogens is 352 g/mol. The molecular formula is C19H19F2N5O. The van der Waals surface area contributed by atoms with E-state index >= 15 is 0 Å². The molecule has 1 aromatic carbocycles. The number of hydrogen-bond acceptors (Lipinski definition) is 4. The highest BCUT2D eigenvalue weighted by molar-refractivity contribution is 6.04. The molecule has 0 aliphatic carbocycles. The van der Waals surface area contributed by atoms with Gasteiger partial charge in [0.1, 0.15) is 5.69 Å². The van der Waals surface area contributed by atoms with Crippen LogP contribution in [0.4, 0.5) is 14.6 Å². The monoisotopic (exact) mass is 371 g/mol. The second-order valence-corrected chi connectivity index (χ2v) is 6.44. The normalized spacial score (nSPS) is 11.2. The van der Waals surface area contributed by atoms with E-state index in [-0.39, 0.29) is 17.3 Å². The largest absolute Gasteiger partial charge is 0.305 e. The third-order valence-corrected chi connectivity index (χ3v) is 3.85. The van der Waals surface area contributed by atoms with Crippen LogP contribution in [0.5, 0.6) is 0 Å². The summed E-state index contributed by atoms with van der Waals surface area (Å²) >= 11 is 0. The van der Waals surface area contributed by atoms with Gasteiger partial charge in [-0.1, -0.05) is 44.2 Å². The Morgan fingerprint density at radius 1 is 1.11 bits per heavy atom. The highest BCUT2D eigenvalue weighted by Gasteiger charge is 2.25. The summed E-state index contributed by atoms with van der Waals surface area (Å²) < 4.78 is 28.1. The van der Waals surface area contributed by atoms with E-state index in [1.165, 1.54) is 4.68 Å². The summed E-state index contributed by atoms with van der Waals surface area (Å²) in [7, 11) is 0. The van der Waals surface area contributed by atoms with E-state index in [0.29, 0.717) is 12.2 Å². The van der Waals surface area contributed by atoms with Gasteiger partial charge in [-0.2, -0.15) is 5.10 Å². The third kappa shape index (κ3) is 4.33. The molecule has 140 valence electrons. The van der Waals surface area contributed by atoms with Crippen LogP contribution in [-0.4, -0.2) is 25.9 Å². The lowest BCUT2D eigenvalue weighted by Crippen LogP contribution is -2.17. The summed E-state index contributed by atoms with van der Waals surface area (Å²) in [6.07, 6.45) is -1.65. The third-order valence-electron chi connectivity index (χ3n) is 3.85. The van der Waals surface area contributed by atoms with Gasteiger partial charge in [-0.3, -0.25) is 9.48 Å². The second-order valence-electron chi connectivity index (χ2n) is 6.44. The van der Waals surface area contributed by atoms with Crippen molar-refractivity contribution in [1.82, 2.24) is 20.0 Å². The fraction of sp³-hybridized carbons (Fsp3) is 0.263. The summed E-state index contributed by atoms with van der Waals surface area (Å²) in [6, 6.07) is 12.7. The van der Waals surface area contributed by atoms with E-state index in [4.69, 9.17) is 0 Å². The van der Waals surface area contributed by atoms with Gasteiger partial charge < -0.3 is 5.32 Å². The molecule has 0 atom stereocenters. The van der Waals surface area contributed by atoms with Crippen molar-refractivity contribution in [2.45, 2.75) is 26.8 Å². The lowest BCUT2D eigenvalue weighted by Gasteiger charge is -2.11. The molecule has 2 heterocycles. The van der Waals surface area contributed by atoms with Crippen LogP contribution in [0.1, 0.15) is 36.3 Å². The van der Waals surface area contributed by atoms with Crippen molar-refractivity contribution in [2.75, 3.05) is 5.32 Å². The second kappa shape index (κ2) is 8.03. The minimum Gasteiger partial charge on any atom is -0.305 e. The Kier molecular flexibility index (Phi) is 5.54. The zero-order valence-corrected chi connectivity index (χ0v) is 14.9. The first-order chi connectivity index (χ1) is 13.0. The Hall–Kier alpha value is -3.16. The number of carbonyl (C=O) groups is 1. The number of anilines is 1. The number of hydrogen-bond donors (Lipinski definition) is 1. The number of rotatable bonds is 6. The molecule has 27 heavy (non-hydrogen) atoms. The van der Waals surface area contributed by atoms with Crippen LogP contribution < -0.4 is 5.32 Å². The van der Waals surface area contributed by atoms with Crippen molar-refractivity contribution in [3.05, 3.63) is 59.9 Å². The lowest BCUT2D eigenvalue weighted by molar-refractivity contribution is 0.100. The van der Waals surface area contributed by atoms with Gasteiger partial charge in [-0.15, -0.1) is 10.2 Å². The molecule has 8 heteroatoms. The number of aromatic nitrogens is 4. The summed E-state index contributed by atoms with van der Waals surface area (Å²) in [5.74, 6) is -0.395. The van der Waals surface area contributed by atoms with E-state index in [2.05, 4.69) is 20.6 Å². The Balaban J connectivity index is 1.78. The number of carbonyl (C=O) groups excluding carboxylic acids is 1. The zero-order valence-electron chi connectivity index (χ0n) is 14.9. The number of nitrogens with one attached hydrogen (secondary N) is 1. The summed E-state index contributed by atoms with van der Waals surface area (Å²) in [5.41, 5.74) is 0.971. The summed E-state index contributed by atoms with van der Waals surface area (Å²) in [4.78, 5) is 12.4. The molecule has 1 amide bonds. The van der Waals surface area contributed by atoms with E-state index in [9.17, 15) is 13.6 Å². The van der Waals surface area contributed by atoms with Gasteiger partial charge in [-0.05, 0) is 18.1 Å². The van der Waals surface area contributed by atoms with Gasteiger partial charge in [0.2, 0.25) is 0 Å². The maximum absolute atomic E-state index is 13.4. The first-order valence-corrected chi connectivity index (χ1v) is 8.50. The van der Waals surface area contributed by atoms with Crippen LogP contribution in [0.25, 0.3) is 11.3 Å². The fourth-order valence-electron chi connectivity index (χ4n) is 2.64. The predicted molar refractivity (Wildman–Crippen MR) is 97.4 cm³/mol. The molecule has 0 saturated heterocycles. The first-order valence-electron chi connectivity index (χ1n) is 8.50. The van der Waals surface area contributed by atoms with Crippen molar-refractivity contribution < 1.29 is 13.6 Å². The molecule has 6 nitrogen and oxygen atoms in total. The van der Waals surface area contributed by atoms with Gasteiger partial charge in [-0.25, -0.2) is 8.78 Å². The van der Waals surface area contributed by atoms with E-state index in [1.807, 2.05) is 44.2 Å². The number of halogens is 2. The first kappa shape index (κ1) is 18.6. The van der Waals surface area contributed by atoms with Crippen molar-refractivity contribution in [2.24, 2.45) is 5.92 Å². The molecule has 0 aliphatic rings. The molecule has 0 bridgehead atoms. The van der Waals surface area contributed by atoms with Crippen LogP contribution in [-0.2, 0) is 6.54 Å². The van der Waals surface area contributed by atoms with Crippen LogP contribution in [0.15, 0.2) is 48.7 Å². The topological polar surface area (TPSA) is 72.7 Å². The summed E-state index contributed by atoms with van der Waals surface area (Å²) in [6.45, 7) is 4.08. The standard InChI is InChI=1S/C19H19F2N5O/c1-12(2)11-26-17(18(20)21)14(10-22-26)19(27)23-16-9-8-15(24-25-16)13-6-4-3-5-7-13/h3-10,12,18H,11H2,1-2H3,(H,23,25,27). The minimum atomic E-state index is -2.81. The average Bonchev–Trinajstić information content (AvgIpc) is 3.06. The quantitative estimate of drug-likeness (QED) is 0.705. The molecule has 0 unspecified atom stereocenters. The highest BCUT2D eigenvalue weighted by Crippen LogP contribution is 2.24. The Labute approximate surface area is 155 Å². The fourth-order valence-corrected chi connectivity index (χ4v) is 2.64. The zero-order chi connectivity index (χ0) is 19.4.